The van der Waals surface area contributed by atoms with Gasteiger partial charge in [-0.15, -0.1) is 0 Å². The molecule has 6 heteroatoms. The van der Waals surface area contributed by atoms with Crippen molar-refractivity contribution in [2.75, 3.05) is 7.11 Å². The van der Waals surface area contributed by atoms with Gasteiger partial charge in [-0.25, -0.2) is 0 Å². The highest BCUT2D eigenvalue weighted by Gasteiger charge is 2.61. The smallest absolute Gasteiger partial charge is 0.311 e. The molecule has 1 heterocycles. The number of nitrogens with zero attached hydrogens (tertiary/aromatic N) is 1. The summed E-state index contributed by atoms with van der Waals surface area (Å²) in [6.07, 6.45) is 5.57. The fraction of sp³-hybridized carbons (Fsp3) is 0.550. The minimum Gasteiger partial charge on any atom is -0.469 e. The normalized spacial score (nSPS) is 34.8. The molecule has 4 saturated carbocycles. The first kappa shape index (κ1) is 15.9. The van der Waals surface area contributed by atoms with Crippen molar-refractivity contribution >= 4 is 22.8 Å². The third-order valence-electron chi connectivity index (χ3n) is 6.74. The van der Waals surface area contributed by atoms with Gasteiger partial charge in [-0.05, 0) is 56.4 Å². The van der Waals surface area contributed by atoms with Crippen molar-refractivity contribution in [3.8, 4) is 0 Å². The number of ether oxygens (including phenoxy) is 1. The molecule has 2 N–H and O–H groups in total. The molecule has 0 aliphatic heterocycles. The largest absolute Gasteiger partial charge is 0.469 e. The molecular formula is C20H23N3O3. The van der Waals surface area contributed by atoms with Crippen LogP contribution in [0.3, 0.4) is 0 Å². The molecule has 1 aromatic carbocycles. The number of H-pyrrole nitrogens is 1. The van der Waals surface area contributed by atoms with E-state index in [0.717, 1.165) is 36.6 Å². The van der Waals surface area contributed by atoms with Gasteiger partial charge in [0.2, 0.25) is 0 Å². The SMILES string of the molecule is COC(=O)C12C[C@@H]3C[C@@H](CC(NC(=O)c4n[nH]c5ccccc45)(C3)C1)C2. The van der Waals surface area contributed by atoms with Crippen molar-refractivity contribution in [3.05, 3.63) is 30.0 Å². The lowest BCUT2D eigenvalue weighted by Crippen LogP contribution is -2.64. The number of rotatable bonds is 3. The molecule has 6 nitrogen and oxygen atoms in total. The second-order valence-electron chi connectivity index (χ2n) is 8.59. The van der Waals surface area contributed by atoms with Gasteiger partial charge < -0.3 is 10.1 Å². The molecule has 4 atom stereocenters. The van der Waals surface area contributed by atoms with E-state index in [1.54, 1.807) is 0 Å². The number of fused-ring (bicyclic) bond motifs is 1. The predicted molar refractivity (Wildman–Crippen MR) is 95.4 cm³/mol. The van der Waals surface area contributed by atoms with Crippen LogP contribution in [0.4, 0.5) is 0 Å². The van der Waals surface area contributed by atoms with Gasteiger partial charge in [0.05, 0.1) is 18.0 Å². The summed E-state index contributed by atoms with van der Waals surface area (Å²) in [7, 11) is 1.47. The maximum atomic E-state index is 13.0. The van der Waals surface area contributed by atoms with E-state index in [4.69, 9.17) is 4.74 Å². The number of carbonyl (C=O) groups is 2. The molecule has 4 bridgehead atoms. The van der Waals surface area contributed by atoms with Gasteiger partial charge in [-0.1, -0.05) is 18.2 Å². The third-order valence-corrected chi connectivity index (χ3v) is 6.74. The average molecular weight is 353 g/mol. The van der Waals surface area contributed by atoms with Crippen LogP contribution in [-0.4, -0.2) is 34.7 Å². The number of nitrogens with one attached hydrogen (secondary N) is 2. The number of amides is 1. The Labute approximate surface area is 151 Å². The highest BCUT2D eigenvalue weighted by atomic mass is 16.5. The van der Waals surface area contributed by atoms with E-state index in [1.165, 1.54) is 13.5 Å². The lowest BCUT2D eigenvalue weighted by atomic mass is 9.47. The van der Waals surface area contributed by atoms with Crippen molar-refractivity contribution < 1.29 is 14.3 Å². The molecule has 4 aliphatic carbocycles. The Hall–Kier alpha value is -2.37. The summed E-state index contributed by atoms with van der Waals surface area (Å²) in [6, 6.07) is 7.65. The second-order valence-corrected chi connectivity index (χ2v) is 8.59. The molecule has 6 rings (SSSR count). The molecule has 2 aromatic rings. The number of hydrogen-bond acceptors (Lipinski definition) is 4. The Morgan fingerprint density at radius 2 is 1.92 bits per heavy atom. The van der Waals surface area contributed by atoms with Gasteiger partial charge in [0.25, 0.3) is 5.91 Å². The molecule has 1 amide bonds. The van der Waals surface area contributed by atoms with Crippen LogP contribution >= 0.6 is 0 Å². The van der Waals surface area contributed by atoms with Gasteiger partial charge in [0.1, 0.15) is 0 Å². The average Bonchev–Trinajstić information content (AvgIpc) is 3.03. The maximum absolute atomic E-state index is 13.0. The number of methoxy groups -OCH3 is 1. The highest BCUT2D eigenvalue weighted by Crippen LogP contribution is 2.62. The number of aromatic nitrogens is 2. The van der Waals surface area contributed by atoms with Crippen molar-refractivity contribution in [1.82, 2.24) is 15.5 Å². The van der Waals surface area contributed by atoms with Crippen LogP contribution in [0.5, 0.6) is 0 Å². The summed E-state index contributed by atoms with van der Waals surface area (Å²) < 4.78 is 5.15. The van der Waals surface area contributed by atoms with Crippen LogP contribution in [0.2, 0.25) is 0 Å². The van der Waals surface area contributed by atoms with Gasteiger partial charge in [-0.3, -0.25) is 14.7 Å². The van der Waals surface area contributed by atoms with Crippen LogP contribution < -0.4 is 5.32 Å². The standard InChI is InChI=1S/C20H23N3O3/c1-26-18(25)19-7-12-6-13(8-19)10-20(9-12,11-19)21-17(24)16-14-4-2-3-5-15(14)22-23-16/h2-5,12-13H,6-11H2,1H3,(H,21,24)(H,22,23)/t12-,13+,19?,20?. The lowest BCUT2D eigenvalue weighted by molar-refractivity contribution is -0.171. The maximum Gasteiger partial charge on any atom is 0.311 e. The number of carbonyl (C=O) groups excluding carboxylic acids is 2. The molecule has 4 fully saturated rings. The number of aromatic amines is 1. The molecule has 4 aliphatic rings. The summed E-state index contributed by atoms with van der Waals surface area (Å²) in [5.74, 6) is 0.734. The monoisotopic (exact) mass is 353 g/mol. The quantitative estimate of drug-likeness (QED) is 0.831. The number of hydrogen-bond donors (Lipinski definition) is 2. The molecule has 1 aromatic heterocycles. The van der Waals surface area contributed by atoms with Crippen molar-refractivity contribution in [1.29, 1.82) is 0 Å². The summed E-state index contributed by atoms with van der Waals surface area (Å²) in [6.45, 7) is 0. The molecule has 0 saturated heterocycles. The Morgan fingerprint density at radius 1 is 1.19 bits per heavy atom. The first-order valence-electron chi connectivity index (χ1n) is 9.37. The van der Waals surface area contributed by atoms with Gasteiger partial charge in [0.15, 0.2) is 5.69 Å². The van der Waals surface area contributed by atoms with Crippen molar-refractivity contribution in [2.24, 2.45) is 17.3 Å². The Balaban J connectivity index is 1.46. The van der Waals surface area contributed by atoms with Crippen LogP contribution in [-0.2, 0) is 9.53 Å². The van der Waals surface area contributed by atoms with Crippen molar-refractivity contribution in [2.45, 2.75) is 44.1 Å². The molecule has 0 radical (unpaired) electrons. The predicted octanol–water partition coefficient (Wildman–Crippen LogP) is 2.80. The van der Waals surface area contributed by atoms with Crippen LogP contribution in [0.1, 0.15) is 49.0 Å². The number of para-hydroxylation sites is 1. The first-order valence-corrected chi connectivity index (χ1v) is 9.37. The zero-order valence-electron chi connectivity index (χ0n) is 14.9. The topological polar surface area (TPSA) is 84.1 Å². The van der Waals surface area contributed by atoms with Gasteiger partial charge in [-0.2, -0.15) is 5.10 Å². The van der Waals surface area contributed by atoms with Gasteiger partial charge >= 0.3 is 5.97 Å². The fourth-order valence-electron chi connectivity index (χ4n) is 6.30. The van der Waals surface area contributed by atoms with Crippen LogP contribution in [0.15, 0.2) is 24.3 Å². The van der Waals surface area contributed by atoms with E-state index in [9.17, 15) is 9.59 Å². The number of esters is 1. The third kappa shape index (κ3) is 2.20. The highest BCUT2D eigenvalue weighted by molar-refractivity contribution is 6.05. The molecule has 26 heavy (non-hydrogen) atoms. The minimum atomic E-state index is -0.417. The Morgan fingerprint density at radius 3 is 2.65 bits per heavy atom. The van der Waals surface area contributed by atoms with E-state index in [1.807, 2.05) is 24.3 Å². The van der Waals surface area contributed by atoms with Crippen LogP contribution in [0, 0.1) is 17.3 Å². The molecule has 136 valence electrons. The summed E-state index contributed by atoms with van der Waals surface area (Å²) in [5.41, 5.74) is 0.562. The molecule has 2 unspecified atom stereocenters. The van der Waals surface area contributed by atoms with E-state index in [0.29, 0.717) is 24.0 Å². The Bertz CT molecular complexity index is 889. The summed E-state index contributed by atoms with van der Waals surface area (Å²) in [5, 5.41) is 11.3. The summed E-state index contributed by atoms with van der Waals surface area (Å²) >= 11 is 0. The van der Waals surface area contributed by atoms with Crippen LogP contribution in [0.25, 0.3) is 10.9 Å². The van der Waals surface area contributed by atoms with E-state index in [-0.39, 0.29) is 17.4 Å². The van der Waals surface area contributed by atoms with E-state index in [2.05, 4.69) is 15.5 Å². The van der Waals surface area contributed by atoms with Gasteiger partial charge in [0, 0.05) is 10.9 Å². The first-order chi connectivity index (χ1) is 12.5. The number of benzene rings is 1. The van der Waals surface area contributed by atoms with Crippen molar-refractivity contribution in [3.63, 3.8) is 0 Å². The Kier molecular flexibility index (Phi) is 3.24. The van der Waals surface area contributed by atoms with E-state index < -0.39 is 5.41 Å². The molecular weight excluding hydrogens is 330 g/mol. The second kappa shape index (κ2) is 5.32. The fourth-order valence-corrected chi connectivity index (χ4v) is 6.30. The minimum absolute atomic E-state index is 0.101. The zero-order chi connectivity index (χ0) is 17.9. The zero-order valence-corrected chi connectivity index (χ0v) is 14.9. The van der Waals surface area contributed by atoms with E-state index >= 15 is 0 Å². The summed E-state index contributed by atoms with van der Waals surface area (Å²) in [4.78, 5) is 25.6. The molecule has 0 spiro atoms. The lowest BCUT2D eigenvalue weighted by Gasteiger charge is -2.60.